The molecule has 28 heavy (non-hydrogen) atoms. The number of nitrogens with zero attached hydrogens (tertiary/aromatic N) is 1. The van der Waals surface area contributed by atoms with Gasteiger partial charge < -0.3 is 10.2 Å². The predicted molar refractivity (Wildman–Crippen MR) is 116 cm³/mol. The summed E-state index contributed by atoms with van der Waals surface area (Å²) in [5, 5.41) is 2.92. The number of rotatable bonds is 8. The molecular formula is C20H21BrClFN2O2S. The maximum atomic E-state index is 13.9. The number of carbonyl (C=O) groups excluding carboxylic acids is 2. The molecule has 2 aromatic carbocycles. The molecule has 0 saturated heterocycles. The smallest absolute Gasteiger partial charge is 0.242 e. The lowest BCUT2D eigenvalue weighted by atomic mass is 10.1. The third-order valence-electron chi connectivity index (χ3n) is 4.19. The topological polar surface area (TPSA) is 49.4 Å². The quantitative estimate of drug-likeness (QED) is 0.590. The summed E-state index contributed by atoms with van der Waals surface area (Å²) in [6, 6.07) is 11.5. The molecule has 2 aromatic rings. The summed E-state index contributed by atoms with van der Waals surface area (Å²) >= 11 is 10.7. The van der Waals surface area contributed by atoms with Crippen molar-refractivity contribution in [1.29, 1.82) is 0 Å². The molecule has 2 rings (SSSR count). The van der Waals surface area contributed by atoms with Crippen LogP contribution in [-0.4, -0.2) is 35.6 Å². The maximum Gasteiger partial charge on any atom is 0.242 e. The number of likely N-dealkylation sites (N-methyl/N-ethyl adjacent to an activating group) is 1. The van der Waals surface area contributed by atoms with Crippen molar-refractivity contribution in [2.24, 2.45) is 0 Å². The van der Waals surface area contributed by atoms with Crippen LogP contribution in [0.25, 0.3) is 0 Å². The molecule has 0 aliphatic rings. The predicted octanol–water partition coefficient (Wildman–Crippen LogP) is 4.64. The second-order valence-electron chi connectivity index (χ2n) is 6.13. The lowest BCUT2D eigenvalue weighted by Crippen LogP contribution is -2.47. The average molecular weight is 488 g/mol. The van der Waals surface area contributed by atoms with Crippen molar-refractivity contribution >= 4 is 51.1 Å². The highest BCUT2D eigenvalue weighted by molar-refractivity contribution is 9.10. The van der Waals surface area contributed by atoms with Gasteiger partial charge in [-0.2, -0.15) is 0 Å². The maximum absolute atomic E-state index is 13.9. The van der Waals surface area contributed by atoms with Crippen LogP contribution < -0.4 is 5.32 Å². The Hall–Kier alpha value is -1.57. The summed E-state index contributed by atoms with van der Waals surface area (Å²) in [7, 11) is 1.54. The van der Waals surface area contributed by atoms with Gasteiger partial charge >= 0.3 is 0 Å². The minimum absolute atomic E-state index is 0.111. The Bertz CT molecular complexity index is 832. The van der Waals surface area contributed by atoms with Crippen molar-refractivity contribution < 1.29 is 14.0 Å². The number of benzene rings is 2. The zero-order valence-corrected chi connectivity index (χ0v) is 18.7. The molecule has 0 aliphatic heterocycles. The number of hydrogen-bond acceptors (Lipinski definition) is 3. The molecule has 0 saturated carbocycles. The summed E-state index contributed by atoms with van der Waals surface area (Å²) in [4.78, 5) is 26.5. The highest BCUT2D eigenvalue weighted by Crippen LogP contribution is 2.24. The minimum atomic E-state index is -0.630. The van der Waals surface area contributed by atoms with Crippen LogP contribution >= 0.6 is 39.3 Å². The normalized spacial score (nSPS) is 11.8. The summed E-state index contributed by atoms with van der Waals surface area (Å²) in [5.74, 6) is -0.452. The zero-order chi connectivity index (χ0) is 20.7. The molecule has 0 bridgehead atoms. The van der Waals surface area contributed by atoms with Gasteiger partial charge in [-0.05, 0) is 36.8 Å². The monoisotopic (exact) mass is 486 g/mol. The molecule has 0 radical (unpaired) electrons. The first kappa shape index (κ1) is 22.7. The van der Waals surface area contributed by atoms with E-state index in [0.717, 1.165) is 10.0 Å². The number of halogens is 3. The van der Waals surface area contributed by atoms with Gasteiger partial charge in [0.05, 0.1) is 5.75 Å². The van der Waals surface area contributed by atoms with Crippen LogP contribution in [0.4, 0.5) is 4.39 Å². The van der Waals surface area contributed by atoms with Gasteiger partial charge in [-0.3, -0.25) is 9.59 Å². The molecular weight excluding hydrogens is 467 g/mol. The summed E-state index contributed by atoms with van der Waals surface area (Å²) < 4.78 is 14.8. The van der Waals surface area contributed by atoms with Gasteiger partial charge in [0.2, 0.25) is 11.8 Å². The van der Waals surface area contributed by atoms with Crippen LogP contribution in [-0.2, 0) is 21.9 Å². The number of carbonyl (C=O) groups is 2. The Morgan fingerprint density at radius 2 is 2.00 bits per heavy atom. The fraction of sp³-hybridized carbons (Fsp3) is 0.300. The van der Waals surface area contributed by atoms with Crippen LogP contribution in [0.15, 0.2) is 46.9 Å². The number of amides is 2. The first-order valence-electron chi connectivity index (χ1n) is 8.59. The molecule has 0 fully saturated rings. The fourth-order valence-electron chi connectivity index (χ4n) is 2.62. The standard InChI is InChI=1S/C20H21BrClFN2O2S/c1-13(20(27)24-2)25(10-14-5-3-6-15(21)9-14)19(26)12-28-11-16-17(22)7-4-8-18(16)23/h3-9,13H,10-12H2,1-2H3,(H,24,27)/t13-/m0/s1. The van der Waals surface area contributed by atoms with Crippen LogP contribution in [0.5, 0.6) is 0 Å². The first-order chi connectivity index (χ1) is 13.3. The van der Waals surface area contributed by atoms with Gasteiger partial charge in [0.1, 0.15) is 11.9 Å². The van der Waals surface area contributed by atoms with E-state index in [2.05, 4.69) is 21.2 Å². The second kappa shape index (κ2) is 10.8. The van der Waals surface area contributed by atoms with Crippen molar-refractivity contribution in [2.75, 3.05) is 12.8 Å². The highest BCUT2D eigenvalue weighted by atomic mass is 79.9. The number of thioether (sulfide) groups is 1. The average Bonchev–Trinajstić information content (AvgIpc) is 2.67. The molecule has 0 aromatic heterocycles. The fourth-order valence-corrected chi connectivity index (χ4v) is 4.31. The Morgan fingerprint density at radius 3 is 2.64 bits per heavy atom. The molecule has 2 amide bonds. The van der Waals surface area contributed by atoms with E-state index < -0.39 is 11.9 Å². The van der Waals surface area contributed by atoms with Crippen molar-refractivity contribution in [3.05, 3.63) is 68.9 Å². The number of nitrogens with one attached hydrogen (secondary N) is 1. The van der Waals surface area contributed by atoms with Crippen molar-refractivity contribution in [3.63, 3.8) is 0 Å². The van der Waals surface area contributed by atoms with E-state index in [-0.39, 0.29) is 23.3 Å². The Balaban J connectivity index is 2.08. The molecule has 1 atom stereocenters. The minimum Gasteiger partial charge on any atom is -0.357 e. The van der Waals surface area contributed by atoms with E-state index >= 15 is 0 Å². The van der Waals surface area contributed by atoms with Crippen molar-refractivity contribution in [3.8, 4) is 0 Å². The molecule has 0 aliphatic carbocycles. The molecule has 150 valence electrons. The van der Waals surface area contributed by atoms with E-state index in [1.54, 1.807) is 19.1 Å². The van der Waals surface area contributed by atoms with Crippen molar-refractivity contribution in [2.45, 2.75) is 25.3 Å². The van der Waals surface area contributed by atoms with E-state index in [9.17, 15) is 14.0 Å². The summed E-state index contributed by atoms with van der Waals surface area (Å²) in [6.45, 7) is 1.99. The molecule has 8 heteroatoms. The second-order valence-corrected chi connectivity index (χ2v) is 8.44. The van der Waals surface area contributed by atoms with Crippen LogP contribution in [0.2, 0.25) is 5.02 Å². The van der Waals surface area contributed by atoms with Gasteiger partial charge in [-0.15, -0.1) is 11.8 Å². The van der Waals surface area contributed by atoms with E-state index in [1.807, 2.05) is 24.3 Å². The largest absolute Gasteiger partial charge is 0.357 e. The van der Waals surface area contributed by atoms with Gasteiger partial charge in [-0.1, -0.05) is 45.7 Å². The molecule has 1 N–H and O–H groups in total. The van der Waals surface area contributed by atoms with Crippen LogP contribution in [0.3, 0.4) is 0 Å². The first-order valence-corrected chi connectivity index (χ1v) is 10.9. The highest BCUT2D eigenvalue weighted by Gasteiger charge is 2.25. The number of hydrogen-bond donors (Lipinski definition) is 1. The molecule has 0 heterocycles. The lowest BCUT2D eigenvalue weighted by molar-refractivity contribution is -0.138. The van der Waals surface area contributed by atoms with E-state index in [1.165, 1.54) is 29.8 Å². The molecule has 0 unspecified atom stereocenters. The zero-order valence-electron chi connectivity index (χ0n) is 15.5. The van der Waals surface area contributed by atoms with E-state index in [0.29, 0.717) is 17.1 Å². The Morgan fingerprint density at radius 1 is 1.29 bits per heavy atom. The Kier molecular flexibility index (Phi) is 8.79. The summed E-state index contributed by atoms with van der Waals surface area (Å²) in [6.07, 6.45) is 0. The van der Waals surface area contributed by atoms with Crippen LogP contribution in [0.1, 0.15) is 18.1 Å². The lowest BCUT2D eigenvalue weighted by Gasteiger charge is -2.28. The third kappa shape index (κ3) is 6.22. The molecule has 0 spiro atoms. The van der Waals surface area contributed by atoms with Crippen molar-refractivity contribution in [1.82, 2.24) is 10.2 Å². The van der Waals surface area contributed by atoms with Crippen LogP contribution in [0, 0.1) is 5.82 Å². The Labute approximate surface area is 182 Å². The van der Waals surface area contributed by atoms with E-state index in [4.69, 9.17) is 11.6 Å². The molecule has 4 nitrogen and oxygen atoms in total. The van der Waals surface area contributed by atoms with Gasteiger partial charge in [0.15, 0.2) is 0 Å². The third-order valence-corrected chi connectivity index (χ3v) is 5.98. The summed E-state index contributed by atoms with van der Waals surface area (Å²) in [5.41, 5.74) is 1.28. The van der Waals surface area contributed by atoms with Gasteiger partial charge in [0.25, 0.3) is 0 Å². The van der Waals surface area contributed by atoms with Gasteiger partial charge in [-0.25, -0.2) is 4.39 Å². The SMILES string of the molecule is CNC(=O)[C@H](C)N(Cc1cccc(Br)c1)C(=O)CSCc1c(F)cccc1Cl. The van der Waals surface area contributed by atoms with Gasteiger partial charge in [0, 0.05) is 34.4 Å².